The lowest BCUT2D eigenvalue weighted by Crippen LogP contribution is -2.36. The monoisotopic (exact) mass is 200 g/mol. The number of hydrogen-bond donors (Lipinski definition) is 1. The zero-order valence-corrected chi connectivity index (χ0v) is 8.90. The van der Waals surface area contributed by atoms with E-state index in [2.05, 4.69) is 10.2 Å². The van der Waals surface area contributed by atoms with Gasteiger partial charge in [0.05, 0.1) is 0 Å². The number of nitrogens with zero attached hydrogens (tertiary/aromatic N) is 1. The largest absolute Gasteiger partial charge is 0.313 e. The molecular weight excluding hydrogens is 179 g/mol. The minimum absolute atomic E-state index is 0.570. The first-order chi connectivity index (χ1) is 6.79. The van der Waals surface area contributed by atoms with Crippen molar-refractivity contribution >= 4 is 0 Å². The Morgan fingerprint density at radius 3 is 2.64 bits per heavy atom. The van der Waals surface area contributed by atoms with Crippen LogP contribution in [0.5, 0.6) is 0 Å². The quantitative estimate of drug-likeness (QED) is 0.744. The Hall–Kier alpha value is -0.150. The second-order valence-corrected chi connectivity index (χ2v) is 4.73. The first kappa shape index (κ1) is 10.4. The molecule has 82 valence electrons. The molecule has 3 heteroatoms. The Labute approximate surface area is 85.9 Å². The minimum Gasteiger partial charge on any atom is -0.313 e. The SMILES string of the molecule is FC1(CCN2CCCCC2)CCNC1. The van der Waals surface area contributed by atoms with Crippen LogP contribution in [-0.2, 0) is 0 Å². The lowest BCUT2D eigenvalue weighted by Gasteiger charge is -2.29. The number of alkyl halides is 1. The molecule has 0 radical (unpaired) electrons. The van der Waals surface area contributed by atoms with Crippen molar-refractivity contribution in [3.05, 3.63) is 0 Å². The summed E-state index contributed by atoms with van der Waals surface area (Å²) in [4.78, 5) is 2.42. The molecule has 2 aliphatic rings. The van der Waals surface area contributed by atoms with Crippen molar-refractivity contribution in [3.8, 4) is 0 Å². The van der Waals surface area contributed by atoms with Crippen LogP contribution in [0.4, 0.5) is 4.39 Å². The van der Waals surface area contributed by atoms with Crippen molar-refractivity contribution in [1.82, 2.24) is 10.2 Å². The van der Waals surface area contributed by atoms with E-state index >= 15 is 0 Å². The summed E-state index contributed by atoms with van der Waals surface area (Å²) >= 11 is 0. The molecule has 0 spiro atoms. The number of piperidine rings is 1. The number of halogens is 1. The molecule has 0 amide bonds. The Balaban J connectivity index is 1.70. The molecule has 0 aromatic heterocycles. The molecule has 1 atom stereocenters. The van der Waals surface area contributed by atoms with E-state index in [0.717, 1.165) is 19.5 Å². The van der Waals surface area contributed by atoms with Gasteiger partial charge in [0.2, 0.25) is 0 Å². The Morgan fingerprint density at radius 1 is 1.21 bits per heavy atom. The molecule has 0 aromatic rings. The van der Waals surface area contributed by atoms with Gasteiger partial charge in [0.1, 0.15) is 5.67 Å². The molecule has 14 heavy (non-hydrogen) atoms. The summed E-state index contributed by atoms with van der Waals surface area (Å²) in [6.45, 7) is 4.75. The Morgan fingerprint density at radius 2 is 2.00 bits per heavy atom. The molecule has 2 aliphatic heterocycles. The van der Waals surface area contributed by atoms with E-state index in [1.165, 1.54) is 32.4 Å². The van der Waals surface area contributed by atoms with Crippen molar-refractivity contribution in [2.75, 3.05) is 32.7 Å². The van der Waals surface area contributed by atoms with E-state index in [1.807, 2.05) is 0 Å². The summed E-state index contributed by atoms with van der Waals surface area (Å²) in [7, 11) is 0. The average molecular weight is 200 g/mol. The zero-order valence-electron chi connectivity index (χ0n) is 8.90. The van der Waals surface area contributed by atoms with Crippen LogP contribution in [0.3, 0.4) is 0 Å². The molecule has 1 N–H and O–H groups in total. The van der Waals surface area contributed by atoms with E-state index in [9.17, 15) is 4.39 Å². The third kappa shape index (κ3) is 2.67. The van der Waals surface area contributed by atoms with Gasteiger partial charge in [-0.05, 0) is 45.3 Å². The van der Waals surface area contributed by atoms with Gasteiger partial charge < -0.3 is 10.2 Å². The Bertz CT molecular complexity index is 172. The predicted molar refractivity (Wildman–Crippen MR) is 56.2 cm³/mol. The Kier molecular flexibility index (Phi) is 3.39. The summed E-state index contributed by atoms with van der Waals surface area (Å²) in [6, 6.07) is 0. The molecular formula is C11H21FN2. The number of hydrogen-bond acceptors (Lipinski definition) is 2. The fraction of sp³-hybridized carbons (Fsp3) is 1.00. The highest BCUT2D eigenvalue weighted by Gasteiger charge is 2.33. The number of likely N-dealkylation sites (tertiary alicyclic amines) is 1. The van der Waals surface area contributed by atoms with Gasteiger partial charge in [-0.1, -0.05) is 6.42 Å². The van der Waals surface area contributed by atoms with Gasteiger partial charge in [0.25, 0.3) is 0 Å². The molecule has 0 saturated carbocycles. The van der Waals surface area contributed by atoms with Crippen LogP contribution in [0.25, 0.3) is 0 Å². The zero-order chi connectivity index (χ0) is 9.86. The van der Waals surface area contributed by atoms with Crippen LogP contribution in [0.1, 0.15) is 32.1 Å². The number of nitrogens with one attached hydrogen (secondary N) is 1. The van der Waals surface area contributed by atoms with Crippen LogP contribution in [0.15, 0.2) is 0 Å². The number of rotatable bonds is 3. The smallest absolute Gasteiger partial charge is 0.125 e. The fourth-order valence-electron chi connectivity index (χ4n) is 2.47. The lowest BCUT2D eigenvalue weighted by molar-refractivity contribution is 0.134. The lowest BCUT2D eigenvalue weighted by atomic mass is 10.00. The maximum Gasteiger partial charge on any atom is 0.125 e. The molecule has 1 unspecified atom stereocenters. The topological polar surface area (TPSA) is 15.3 Å². The third-order valence-electron chi connectivity index (χ3n) is 3.52. The molecule has 0 aliphatic carbocycles. The van der Waals surface area contributed by atoms with Crippen molar-refractivity contribution in [3.63, 3.8) is 0 Å². The average Bonchev–Trinajstić information content (AvgIpc) is 2.65. The summed E-state index contributed by atoms with van der Waals surface area (Å²) < 4.78 is 14.0. The highest BCUT2D eigenvalue weighted by molar-refractivity contribution is 4.89. The van der Waals surface area contributed by atoms with Crippen LogP contribution in [0, 0.1) is 0 Å². The van der Waals surface area contributed by atoms with Gasteiger partial charge in [-0.2, -0.15) is 0 Å². The predicted octanol–water partition coefficient (Wildman–Crippen LogP) is 1.56. The highest BCUT2D eigenvalue weighted by Crippen LogP contribution is 2.24. The molecule has 0 bridgehead atoms. The first-order valence-electron chi connectivity index (χ1n) is 5.91. The van der Waals surface area contributed by atoms with Gasteiger partial charge >= 0.3 is 0 Å². The van der Waals surface area contributed by atoms with E-state index in [0.29, 0.717) is 13.0 Å². The van der Waals surface area contributed by atoms with E-state index in [-0.39, 0.29) is 0 Å². The molecule has 0 aromatic carbocycles. The van der Waals surface area contributed by atoms with E-state index in [4.69, 9.17) is 0 Å². The van der Waals surface area contributed by atoms with Crippen LogP contribution in [-0.4, -0.2) is 43.3 Å². The maximum absolute atomic E-state index is 14.0. The summed E-state index contributed by atoms with van der Waals surface area (Å²) in [6.07, 6.45) is 5.40. The fourth-order valence-corrected chi connectivity index (χ4v) is 2.47. The van der Waals surface area contributed by atoms with Gasteiger partial charge in [-0.25, -0.2) is 4.39 Å². The highest BCUT2D eigenvalue weighted by atomic mass is 19.1. The standard InChI is InChI=1S/C11H21FN2/c12-11(4-6-13-10-11)5-9-14-7-2-1-3-8-14/h13H,1-10H2. The normalized spacial score (nSPS) is 34.9. The van der Waals surface area contributed by atoms with Gasteiger partial charge in [0.15, 0.2) is 0 Å². The van der Waals surface area contributed by atoms with Crippen molar-refractivity contribution < 1.29 is 4.39 Å². The summed E-state index contributed by atoms with van der Waals surface area (Å²) in [5.74, 6) is 0. The second-order valence-electron chi connectivity index (χ2n) is 4.73. The van der Waals surface area contributed by atoms with Gasteiger partial charge in [-0.3, -0.25) is 0 Å². The molecule has 2 rings (SSSR count). The second kappa shape index (κ2) is 4.58. The van der Waals surface area contributed by atoms with Crippen LogP contribution in [0.2, 0.25) is 0 Å². The molecule has 2 saturated heterocycles. The summed E-state index contributed by atoms with van der Waals surface area (Å²) in [5.41, 5.74) is -0.905. The van der Waals surface area contributed by atoms with Crippen molar-refractivity contribution in [2.24, 2.45) is 0 Å². The van der Waals surface area contributed by atoms with Gasteiger partial charge in [-0.15, -0.1) is 0 Å². The van der Waals surface area contributed by atoms with Crippen molar-refractivity contribution in [1.29, 1.82) is 0 Å². The van der Waals surface area contributed by atoms with Crippen molar-refractivity contribution in [2.45, 2.75) is 37.8 Å². The molecule has 2 nitrogen and oxygen atoms in total. The summed E-state index contributed by atoms with van der Waals surface area (Å²) in [5, 5.41) is 3.11. The van der Waals surface area contributed by atoms with Gasteiger partial charge in [0, 0.05) is 13.1 Å². The van der Waals surface area contributed by atoms with E-state index < -0.39 is 5.67 Å². The maximum atomic E-state index is 14.0. The van der Waals surface area contributed by atoms with Crippen LogP contribution >= 0.6 is 0 Å². The third-order valence-corrected chi connectivity index (χ3v) is 3.52. The minimum atomic E-state index is -0.905. The van der Waals surface area contributed by atoms with E-state index in [1.54, 1.807) is 0 Å². The first-order valence-corrected chi connectivity index (χ1v) is 5.91. The molecule has 2 fully saturated rings. The van der Waals surface area contributed by atoms with Crippen LogP contribution < -0.4 is 5.32 Å². The molecule has 2 heterocycles.